The molecule has 2 aliphatic heterocycles. The van der Waals surface area contributed by atoms with Gasteiger partial charge < -0.3 is 10.0 Å². The van der Waals surface area contributed by atoms with Gasteiger partial charge in [-0.05, 0) is 56.0 Å². The van der Waals surface area contributed by atoms with Gasteiger partial charge in [0.25, 0.3) is 11.7 Å². The van der Waals surface area contributed by atoms with Crippen molar-refractivity contribution in [1.82, 2.24) is 0 Å². The van der Waals surface area contributed by atoms with Gasteiger partial charge in [-0.3, -0.25) is 14.5 Å². The lowest BCUT2D eigenvalue weighted by Gasteiger charge is -2.30. The average Bonchev–Trinajstić information content (AvgIpc) is 3.15. The number of aryl methyl sites for hydroxylation is 1. The van der Waals surface area contributed by atoms with E-state index < -0.39 is 17.7 Å². The molecule has 1 N–H and O–H groups in total. The molecule has 2 aliphatic rings. The van der Waals surface area contributed by atoms with E-state index in [0.717, 1.165) is 29.9 Å². The highest BCUT2D eigenvalue weighted by atomic mass is 16.3. The van der Waals surface area contributed by atoms with Crippen molar-refractivity contribution in [3.05, 3.63) is 101 Å². The molecule has 2 fully saturated rings. The van der Waals surface area contributed by atoms with Gasteiger partial charge in [0.05, 0.1) is 11.6 Å². The number of nitrogens with zero attached hydrogens (tertiary/aromatic N) is 2. The summed E-state index contributed by atoms with van der Waals surface area (Å²) < 4.78 is 0. The van der Waals surface area contributed by atoms with Crippen LogP contribution in [0.5, 0.6) is 0 Å². The van der Waals surface area contributed by atoms with Crippen LogP contribution in [0.25, 0.3) is 5.76 Å². The Morgan fingerprint density at radius 3 is 2.06 bits per heavy atom. The first-order chi connectivity index (χ1) is 16.5. The van der Waals surface area contributed by atoms with Crippen molar-refractivity contribution in [1.29, 1.82) is 0 Å². The highest BCUT2D eigenvalue weighted by Crippen LogP contribution is 2.42. The Morgan fingerprint density at radius 1 is 0.794 bits per heavy atom. The Morgan fingerprint density at radius 2 is 1.41 bits per heavy atom. The Labute approximate surface area is 199 Å². The average molecular weight is 453 g/mol. The minimum absolute atomic E-state index is 0.111. The van der Waals surface area contributed by atoms with Crippen molar-refractivity contribution in [2.75, 3.05) is 22.9 Å². The summed E-state index contributed by atoms with van der Waals surface area (Å²) in [5.74, 6) is -1.46. The Bertz CT molecular complexity index is 1220. The number of benzene rings is 3. The molecule has 1 unspecified atom stereocenters. The van der Waals surface area contributed by atoms with Crippen LogP contribution >= 0.6 is 0 Å². The van der Waals surface area contributed by atoms with E-state index in [2.05, 4.69) is 4.90 Å². The zero-order valence-corrected chi connectivity index (χ0v) is 19.3. The van der Waals surface area contributed by atoms with Gasteiger partial charge in [-0.15, -0.1) is 0 Å². The molecule has 0 saturated carbocycles. The second kappa shape index (κ2) is 9.18. The maximum atomic E-state index is 13.3. The molecular formula is C29H28N2O3. The molecule has 5 nitrogen and oxygen atoms in total. The molecule has 0 radical (unpaired) electrons. The molecular weight excluding hydrogens is 424 g/mol. The number of aliphatic hydroxyl groups excluding tert-OH is 1. The number of rotatable bonds is 4. The third-order valence-electron chi connectivity index (χ3n) is 6.73. The van der Waals surface area contributed by atoms with Crippen molar-refractivity contribution >= 4 is 28.8 Å². The van der Waals surface area contributed by atoms with Gasteiger partial charge in [0.1, 0.15) is 5.76 Å². The number of carbonyl (C=O) groups excluding carboxylic acids is 2. The van der Waals surface area contributed by atoms with Gasteiger partial charge in [0.2, 0.25) is 0 Å². The Balaban J connectivity index is 1.59. The predicted molar refractivity (Wildman–Crippen MR) is 135 cm³/mol. The van der Waals surface area contributed by atoms with Gasteiger partial charge in [0, 0.05) is 30.0 Å². The Kier molecular flexibility index (Phi) is 5.93. The molecule has 1 atom stereocenters. The van der Waals surface area contributed by atoms with Crippen molar-refractivity contribution in [3.8, 4) is 0 Å². The molecule has 0 bridgehead atoms. The summed E-state index contributed by atoms with van der Waals surface area (Å²) in [7, 11) is 0. The smallest absolute Gasteiger partial charge is 0.300 e. The fraction of sp³-hybridized carbons (Fsp3) is 0.241. The standard InChI is InChI=1S/C29H28N2O3/c1-20-10-12-22(13-11-20)27(32)25-26(21-8-4-2-5-9-21)31(29(34)28(25)33)24-16-14-23(15-17-24)30-18-6-3-7-19-30/h2,4-5,8-17,26,32H,3,6-7,18-19H2,1H3/b27-25+. The van der Waals surface area contributed by atoms with Gasteiger partial charge in [0.15, 0.2) is 0 Å². The van der Waals surface area contributed by atoms with Crippen molar-refractivity contribution < 1.29 is 14.7 Å². The zero-order valence-electron chi connectivity index (χ0n) is 19.3. The molecule has 3 aromatic rings. The first-order valence-electron chi connectivity index (χ1n) is 11.8. The summed E-state index contributed by atoms with van der Waals surface area (Å²) in [4.78, 5) is 30.4. The Hall–Kier alpha value is -3.86. The molecule has 2 saturated heterocycles. The lowest BCUT2D eigenvalue weighted by Crippen LogP contribution is -2.30. The number of aliphatic hydroxyl groups is 1. The highest BCUT2D eigenvalue weighted by Gasteiger charge is 2.46. The number of hydrogen-bond acceptors (Lipinski definition) is 4. The minimum Gasteiger partial charge on any atom is -0.507 e. The normalized spacial score (nSPS) is 20.1. The topological polar surface area (TPSA) is 60.9 Å². The van der Waals surface area contributed by atoms with E-state index in [1.165, 1.54) is 24.2 Å². The van der Waals surface area contributed by atoms with Crippen LogP contribution in [0.15, 0.2) is 84.4 Å². The van der Waals surface area contributed by atoms with Crippen LogP contribution in [-0.4, -0.2) is 29.9 Å². The third kappa shape index (κ3) is 3.98. The van der Waals surface area contributed by atoms with Crippen LogP contribution in [0.3, 0.4) is 0 Å². The van der Waals surface area contributed by atoms with Crippen LogP contribution in [0, 0.1) is 6.92 Å². The first kappa shape index (κ1) is 22.0. The second-order valence-electron chi connectivity index (χ2n) is 9.01. The van der Waals surface area contributed by atoms with E-state index in [1.54, 1.807) is 12.1 Å². The summed E-state index contributed by atoms with van der Waals surface area (Å²) in [6.07, 6.45) is 3.63. The number of hydrogen-bond donors (Lipinski definition) is 1. The lowest BCUT2D eigenvalue weighted by molar-refractivity contribution is -0.132. The monoisotopic (exact) mass is 452 g/mol. The number of amides is 1. The van der Waals surface area contributed by atoms with E-state index >= 15 is 0 Å². The SMILES string of the molecule is Cc1ccc(/C(O)=C2\C(=O)C(=O)N(c3ccc(N4CCCCC4)cc3)C2c2ccccc2)cc1. The quantitative estimate of drug-likeness (QED) is 0.317. The van der Waals surface area contributed by atoms with Crippen molar-refractivity contribution in [2.24, 2.45) is 0 Å². The van der Waals surface area contributed by atoms with Crippen LogP contribution in [-0.2, 0) is 9.59 Å². The zero-order chi connectivity index (χ0) is 23.7. The van der Waals surface area contributed by atoms with Crippen molar-refractivity contribution in [2.45, 2.75) is 32.2 Å². The largest absolute Gasteiger partial charge is 0.507 e. The molecule has 5 rings (SSSR count). The maximum absolute atomic E-state index is 13.3. The summed E-state index contributed by atoms with van der Waals surface area (Å²) in [5, 5.41) is 11.2. The molecule has 172 valence electrons. The molecule has 0 spiro atoms. The number of Topliss-reactive ketones (excluding diaryl/α,β-unsaturated/α-hetero) is 1. The van der Waals surface area contributed by atoms with Crippen LogP contribution in [0.4, 0.5) is 11.4 Å². The number of ketones is 1. The van der Waals surface area contributed by atoms with Gasteiger partial charge >= 0.3 is 0 Å². The van der Waals surface area contributed by atoms with E-state index in [0.29, 0.717) is 11.3 Å². The first-order valence-corrected chi connectivity index (χ1v) is 11.8. The van der Waals surface area contributed by atoms with E-state index in [-0.39, 0.29) is 11.3 Å². The third-order valence-corrected chi connectivity index (χ3v) is 6.73. The van der Waals surface area contributed by atoms with Crippen LogP contribution in [0.2, 0.25) is 0 Å². The minimum atomic E-state index is -0.705. The molecule has 2 heterocycles. The number of anilines is 2. The van der Waals surface area contributed by atoms with E-state index in [1.807, 2.05) is 73.7 Å². The number of piperidine rings is 1. The summed E-state index contributed by atoms with van der Waals surface area (Å²) in [6.45, 7) is 4.02. The molecule has 3 aromatic carbocycles. The van der Waals surface area contributed by atoms with Crippen molar-refractivity contribution in [3.63, 3.8) is 0 Å². The predicted octanol–water partition coefficient (Wildman–Crippen LogP) is 5.61. The fourth-order valence-electron chi connectivity index (χ4n) is 4.89. The second-order valence-corrected chi connectivity index (χ2v) is 9.01. The van der Waals surface area contributed by atoms with Crippen LogP contribution < -0.4 is 9.80 Å². The summed E-state index contributed by atoms with van der Waals surface area (Å²) in [5.41, 5.74) is 4.21. The molecule has 0 aromatic heterocycles. The highest BCUT2D eigenvalue weighted by molar-refractivity contribution is 6.51. The fourth-order valence-corrected chi connectivity index (χ4v) is 4.89. The molecule has 34 heavy (non-hydrogen) atoms. The van der Waals surface area contributed by atoms with Crippen LogP contribution in [0.1, 0.15) is 42.0 Å². The maximum Gasteiger partial charge on any atom is 0.300 e. The molecule has 1 amide bonds. The van der Waals surface area contributed by atoms with Gasteiger partial charge in [-0.1, -0.05) is 60.2 Å². The molecule has 5 heteroatoms. The van der Waals surface area contributed by atoms with Gasteiger partial charge in [-0.25, -0.2) is 0 Å². The molecule has 0 aliphatic carbocycles. The lowest BCUT2D eigenvalue weighted by atomic mass is 9.95. The summed E-state index contributed by atoms with van der Waals surface area (Å²) in [6, 6.07) is 23.8. The summed E-state index contributed by atoms with van der Waals surface area (Å²) >= 11 is 0. The van der Waals surface area contributed by atoms with E-state index in [4.69, 9.17) is 0 Å². The van der Waals surface area contributed by atoms with Gasteiger partial charge in [-0.2, -0.15) is 0 Å². The number of carbonyl (C=O) groups is 2. The van der Waals surface area contributed by atoms with E-state index in [9.17, 15) is 14.7 Å².